The molecular formula is C74H95N27O37P6. The van der Waals surface area contributed by atoms with Gasteiger partial charge in [-0.3, -0.25) is 131 Å². The molecule has 0 aliphatic carbocycles. The summed E-state index contributed by atoms with van der Waals surface area (Å²) >= 11 is 0. The van der Waals surface area contributed by atoms with E-state index in [9.17, 15) is 90.6 Å². The molecule has 0 spiro atoms. The Kier molecular flexibility index (Phi) is 29.9. The minimum atomic E-state index is -5.72. The Hall–Kier alpha value is -10.9. The predicted octanol–water partition coefficient (Wildman–Crippen LogP) is 1.82. The molecular weight excluding hydrogens is 2040 g/mol. The van der Waals surface area contributed by atoms with E-state index >= 15 is 0 Å². The normalized spacial score (nSPS) is 27.2. The van der Waals surface area contributed by atoms with Crippen molar-refractivity contribution >= 4 is 132 Å². The molecule has 11 aromatic heterocycles. The van der Waals surface area contributed by atoms with Crippen LogP contribution in [-0.4, -0.2) is 255 Å². The molecule has 64 nitrogen and oxygen atoms in total. The number of aromatic amines is 5. The number of nitrogens with two attached hydrogens (primary N) is 5. The molecule has 22 N–H and O–H groups in total. The number of aryl methyl sites for hydroxylation is 2. The fourth-order valence-corrected chi connectivity index (χ4v) is 22.8. The first kappa shape index (κ1) is 103. The van der Waals surface area contributed by atoms with Crippen molar-refractivity contribution in [3.63, 3.8) is 0 Å². The summed E-state index contributed by atoms with van der Waals surface area (Å²) in [5.41, 5.74) is 24.3. The number of H-pyrrole nitrogens is 5. The van der Waals surface area contributed by atoms with Gasteiger partial charge in [-0.15, -0.1) is 0 Å². The van der Waals surface area contributed by atoms with Gasteiger partial charge in [-0.2, -0.15) is 19.9 Å². The summed E-state index contributed by atoms with van der Waals surface area (Å²) in [6.07, 6.45) is -16.0. The summed E-state index contributed by atoms with van der Waals surface area (Å²) in [5, 5.41) is 11.1. The topological polar surface area (TPSA) is 893 Å². The van der Waals surface area contributed by atoms with E-state index in [-0.39, 0.29) is 91.7 Å². The van der Waals surface area contributed by atoms with Crippen molar-refractivity contribution in [3.8, 4) is 5.75 Å². The fraction of sp³-hybridized carbons (Fsp3) is 0.527. The van der Waals surface area contributed by atoms with E-state index < -0.39 is 274 Å². The van der Waals surface area contributed by atoms with Crippen molar-refractivity contribution < 1.29 is 145 Å². The van der Waals surface area contributed by atoms with Crippen molar-refractivity contribution in [2.24, 2.45) is 0 Å². The van der Waals surface area contributed by atoms with Gasteiger partial charge < -0.3 is 91.2 Å². The average molecular weight is 2140 g/mol. The Labute approximate surface area is 804 Å². The van der Waals surface area contributed by atoms with Gasteiger partial charge in [0.1, 0.15) is 122 Å². The Bertz CT molecular complexity index is 7490. The molecule has 6 aliphatic heterocycles. The molecule has 6 fully saturated rings. The van der Waals surface area contributed by atoms with Crippen LogP contribution in [0.3, 0.4) is 0 Å². The van der Waals surface area contributed by atoms with Crippen molar-refractivity contribution in [2.75, 3.05) is 68.3 Å². The van der Waals surface area contributed by atoms with Gasteiger partial charge in [0.2, 0.25) is 23.8 Å². The second-order valence-electron chi connectivity index (χ2n) is 34.0. The highest BCUT2D eigenvalue weighted by atomic mass is 31.2. The van der Waals surface area contributed by atoms with E-state index in [0.29, 0.717) is 0 Å². The Balaban J connectivity index is 0.565. The molecule has 6 aliphatic rings. The molecule has 0 amide bonds. The molecule has 12 aromatic rings. The largest absolute Gasteiger partial charge is 0.527 e. The molecule has 1 aromatic carbocycles. The lowest BCUT2D eigenvalue weighted by molar-refractivity contribution is -0.0638. The zero-order valence-electron chi connectivity index (χ0n) is 75.2. The van der Waals surface area contributed by atoms with E-state index in [1.165, 1.54) is 40.8 Å². The molecule has 6 saturated heterocycles. The van der Waals surface area contributed by atoms with Crippen molar-refractivity contribution in [1.82, 2.24) is 107 Å². The van der Waals surface area contributed by atoms with Gasteiger partial charge in [-0.25, -0.2) is 67.1 Å². The maximum Gasteiger partial charge on any atom is 0.527 e. The van der Waals surface area contributed by atoms with E-state index in [4.69, 9.17) is 111 Å². The summed E-state index contributed by atoms with van der Waals surface area (Å²) in [7, 11) is -33.0. The SMILES string of the molecule is CCCCCCCCc1ccc(OP(=O)(O)OC[C@H]2O[C@@H](n3cc(C)c(=O)[nH]c3=O)C[C@@H]2OP(=O)(O)OC[C@H]2O[C@@H](n3cnc4c(=O)[nH]c(N)nc43)C[C@@H]2OP(=O)(O)OC[C@H]2O[C@@H](n3cnc4c(=O)[nH]c(N)nc43)C[C@@H]2OP(=O)(O)OC[C@H]2O[C@@H](n3cnc4c(=O)[nH]c(N)nc43)C[C@@H]2OP(=O)(O)OC[C@H]2O[C@@H](n3cnc4c(N)ncnc43)C[C@@H]2OP(=O)(O)OC[C@H]2O[C@@H](n3cnc4c(=O)[nH]c(N)nc43)C[C@@H]2O)cc1. The molecule has 778 valence electrons. The number of aromatic nitrogens is 22. The molecule has 0 bridgehead atoms. The van der Waals surface area contributed by atoms with Crippen LogP contribution in [0.25, 0.3) is 55.8 Å². The Morgan fingerprint density at radius 3 is 1.03 bits per heavy atom. The minimum Gasteiger partial charge on any atom is -0.404 e. The summed E-state index contributed by atoms with van der Waals surface area (Å²) in [4.78, 5) is 204. The first-order chi connectivity index (χ1) is 68.4. The number of phosphoric acid groups is 6. The van der Waals surface area contributed by atoms with Gasteiger partial charge in [0.05, 0.1) is 77.4 Å². The number of hydrogen-bond donors (Lipinski definition) is 17. The van der Waals surface area contributed by atoms with Crippen LogP contribution in [0, 0.1) is 6.92 Å². The number of aliphatic hydroxyl groups excluding tert-OH is 1. The molecule has 18 rings (SSSR count). The van der Waals surface area contributed by atoms with Crippen molar-refractivity contribution in [1.29, 1.82) is 0 Å². The average Bonchev–Trinajstić information content (AvgIpc) is 1.60. The number of hydrogen-bond acceptors (Lipinski definition) is 47. The highest BCUT2D eigenvalue weighted by Gasteiger charge is 2.53. The number of aliphatic hydroxyl groups is 1. The number of nitrogens with one attached hydrogen (secondary N) is 5. The third kappa shape index (κ3) is 23.4. The zero-order valence-corrected chi connectivity index (χ0v) is 80.6. The highest BCUT2D eigenvalue weighted by molar-refractivity contribution is 7.48. The number of ether oxygens (including phenoxy) is 6. The first-order valence-electron chi connectivity index (χ1n) is 44.2. The smallest absolute Gasteiger partial charge is 0.404 e. The number of anilines is 5. The molecule has 17 heterocycles. The Morgan fingerprint density at radius 1 is 0.368 bits per heavy atom. The number of benzene rings is 1. The van der Waals surface area contributed by atoms with Gasteiger partial charge in [0.15, 0.2) is 56.1 Å². The van der Waals surface area contributed by atoms with Crippen LogP contribution in [0.4, 0.5) is 29.6 Å². The van der Waals surface area contributed by atoms with Gasteiger partial charge in [0, 0.05) is 50.3 Å². The lowest BCUT2D eigenvalue weighted by Gasteiger charge is -2.26. The van der Waals surface area contributed by atoms with E-state index in [0.717, 1.165) is 100 Å². The summed E-state index contributed by atoms with van der Waals surface area (Å²) < 4.78 is 197. The van der Waals surface area contributed by atoms with Crippen LogP contribution < -0.4 is 66.7 Å². The molecule has 0 saturated carbocycles. The fourth-order valence-electron chi connectivity index (χ4n) is 17.2. The number of rotatable bonds is 43. The van der Waals surface area contributed by atoms with Crippen molar-refractivity contribution in [2.45, 2.75) is 208 Å². The van der Waals surface area contributed by atoms with E-state index in [1.807, 2.05) is 0 Å². The van der Waals surface area contributed by atoms with E-state index in [1.54, 1.807) is 12.1 Å². The number of unbranched alkanes of at least 4 members (excludes halogenated alkanes) is 5. The molecule has 70 heteroatoms. The number of fused-ring (bicyclic) bond motifs is 5. The monoisotopic (exact) mass is 2140 g/mol. The van der Waals surface area contributed by atoms with Crippen LogP contribution in [0.5, 0.6) is 5.75 Å². The first-order valence-corrected chi connectivity index (χ1v) is 53.2. The third-order valence-corrected chi connectivity index (χ3v) is 30.0. The maximum absolute atomic E-state index is 14.8. The minimum absolute atomic E-state index is 0.00338. The van der Waals surface area contributed by atoms with Gasteiger partial charge in [-0.1, -0.05) is 51.2 Å². The second kappa shape index (κ2) is 41.8. The number of nitrogens with zero attached hydrogens (tertiary/aromatic N) is 17. The maximum atomic E-state index is 14.8. The van der Waals surface area contributed by atoms with Gasteiger partial charge in [0.25, 0.3) is 27.8 Å². The van der Waals surface area contributed by atoms with Crippen LogP contribution in [0.2, 0.25) is 0 Å². The lowest BCUT2D eigenvalue weighted by atomic mass is 10.1. The number of nitrogen functional groups attached to an aromatic ring is 5. The van der Waals surface area contributed by atoms with Crippen LogP contribution in [0.1, 0.15) is 132 Å². The van der Waals surface area contributed by atoms with Crippen molar-refractivity contribution in [3.05, 3.63) is 142 Å². The molecule has 0 radical (unpaired) electrons. The lowest BCUT2D eigenvalue weighted by Crippen LogP contribution is -2.33. The standard InChI is InChI=1S/C74H95N27O37P6/c1-3-4-5-6-7-8-9-34-10-12-35(13-11-34)133-139(109,110)122-22-43-37(15-49(128-43)96-20-33(2)65(103)95-74(96)108)134-141(113,114)124-24-45-39(17-51(130-45)99-30-84-56-62(99)88-71(77)92-67(56)105)137-143(117,118)126-26-47-41(19-53(132-47)101-32-86-58-64(101)90-73(79)94-69(58)107)138-144(119,120)125-25-46-40(18-52(131-46)100-31-85-57-63(100)89-72(78)93-68(57)106)136-142(115,116)123-23-44-38(16-50(129-44)97-28-82-54-59(75)80-27-81-60(54)97)135-140(111,112)121-21-42-36(102)14-48(127-42)98-29-83-55-61(98)87-70(76)91-66(55)104/h10-13,20,27-32,36-53,102H,3-9,14-19,21-26H2,1-2H3,(H,109,110)(H,111,112)(H,113,114)(H,115,116)(H,117,118)(H,119,120)(H2,75,80,81)(H,95,103,108)(H3,76,87,91,104)(H3,77,88,92,105)(H3,78,89,93,106)(H3,79,90,94,107)/t36-,37-,38-,39-,40-,41-,42+,43+,44+,45+,46+,47+,48+,49+,50+,51+,52+,53+/m0/s1. The molecule has 144 heavy (non-hydrogen) atoms. The molecule has 6 unspecified atom stereocenters. The second-order valence-corrected chi connectivity index (χ2v) is 42.4. The zero-order chi connectivity index (χ0) is 102. The quantitative estimate of drug-likeness (QED) is 0.0191. The number of phosphoric ester groups is 6. The van der Waals surface area contributed by atoms with Gasteiger partial charge >= 0.3 is 52.6 Å². The van der Waals surface area contributed by atoms with Crippen LogP contribution in [0.15, 0.2) is 97.2 Å². The summed E-state index contributed by atoms with van der Waals surface area (Å²) in [6, 6.07) is 6.37. The predicted molar refractivity (Wildman–Crippen MR) is 486 cm³/mol. The third-order valence-electron chi connectivity index (χ3n) is 24.0. The summed E-state index contributed by atoms with van der Waals surface area (Å²) in [5.74, 6) is -1.59. The van der Waals surface area contributed by atoms with Crippen LogP contribution in [-0.2, 0) is 112 Å². The molecule has 24 atom stereocenters. The van der Waals surface area contributed by atoms with E-state index in [2.05, 4.69) is 86.7 Å². The summed E-state index contributed by atoms with van der Waals surface area (Å²) in [6.45, 7) is -2.71. The highest BCUT2D eigenvalue weighted by Crippen LogP contribution is 2.58. The Morgan fingerprint density at radius 2 is 0.674 bits per heavy atom. The number of imidazole rings is 5. The van der Waals surface area contributed by atoms with Gasteiger partial charge in [-0.05, 0) is 37.5 Å². The van der Waals surface area contributed by atoms with Crippen LogP contribution >= 0.6 is 46.9 Å².